The highest BCUT2D eigenvalue weighted by Gasteiger charge is 2.19. The lowest BCUT2D eigenvalue weighted by atomic mass is 10.1. The summed E-state index contributed by atoms with van der Waals surface area (Å²) in [5, 5.41) is 3.41. The van der Waals surface area contributed by atoms with Crippen LogP contribution in [0.4, 0.5) is 8.78 Å². The van der Waals surface area contributed by atoms with Gasteiger partial charge in [0.05, 0.1) is 11.1 Å². The fourth-order valence-electron chi connectivity index (χ4n) is 2.01. The Morgan fingerprint density at radius 2 is 1.79 bits per heavy atom. The van der Waals surface area contributed by atoms with Gasteiger partial charge in [0.15, 0.2) is 17.7 Å². The lowest BCUT2D eigenvalue weighted by Gasteiger charge is -2.19. The van der Waals surface area contributed by atoms with Crippen molar-refractivity contribution in [2.75, 3.05) is 0 Å². The number of benzene rings is 2. The van der Waals surface area contributed by atoms with E-state index < -0.39 is 29.7 Å². The zero-order chi connectivity index (χ0) is 17.9. The minimum atomic E-state index is -0.967. The summed E-state index contributed by atoms with van der Waals surface area (Å²) < 4.78 is 31.7. The molecule has 128 valence electrons. The minimum absolute atomic E-state index is 0.288. The Kier molecular flexibility index (Phi) is 6.02. The number of carbonyl (C=O) groups excluding carboxylic acids is 1. The summed E-state index contributed by atoms with van der Waals surface area (Å²) in [7, 11) is 0. The maximum atomic E-state index is 13.3. The molecule has 24 heavy (non-hydrogen) atoms. The van der Waals surface area contributed by atoms with Gasteiger partial charge in [0.2, 0.25) is 0 Å². The largest absolute Gasteiger partial charge is 0.479 e. The molecule has 0 aliphatic heterocycles. The maximum absolute atomic E-state index is 13.3. The van der Waals surface area contributed by atoms with Gasteiger partial charge >= 0.3 is 0 Å². The van der Waals surface area contributed by atoms with E-state index in [1.165, 1.54) is 12.1 Å². The third kappa shape index (κ3) is 4.58. The minimum Gasteiger partial charge on any atom is -0.479 e. The highest BCUT2D eigenvalue weighted by molar-refractivity contribution is 6.35. The van der Waals surface area contributed by atoms with E-state index in [1.54, 1.807) is 26.0 Å². The van der Waals surface area contributed by atoms with E-state index in [-0.39, 0.29) is 5.02 Å². The quantitative estimate of drug-likeness (QED) is 0.807. The van der Waals surface area contributed by atoms with Gasteiger partial charge in [-0.2, -0.15) is 0 Å². The number of ether oxygens (including phenoxy) is 1. The van der Waals surface area contributed by atoms with Crippen molar-refractivity contribution in [3.8, 4) is 5.75 Å². The number of hydrogen-bond donors (Lipinski definition) is 1. The van der Waals surface area contributed by atoms with Crippen molar-refractivity contribution in [3.63, 3.8) is 0 Å². The Morgan fingerprint density at radius 1 is 1.08 bits per heavy atom. The second-order valence-electron chi connectivity index (χ2n) is 5.24. The summed E-state index contributed by atoms with van der Waals surface area (Å²) in [4.78, 5) is 12.2. The molecule has 0 saturated heterocycles. The van der Waals surface area contributed by atoms with Crippen LogP contribution < -0.4 is 10.1 Å². The van der Waals surface area contributed by atoms with Crippen molar-refractivity contribution in [1.29, 1.82) is 0 Å². The molecule has 0 aliphatic rings. The van der Waals surface area contributed by atoms with E-state index >= 15 is 0 Å². The highest BCUT2D eigenvalue weighted by Crippen LogP contribution is 2.28. The number of nitrogens with one attached hydrogen (secondary N) is 1. The molecule has 0 bridgehead atoms. The Morgan fingerprint density at radius 3 is 2.42 bits per heavy atom. The molecule has 0 aliphatic carbocycles. The lowest BCUT2D eigenvalue weighted by molar-refractivity contribution is -0.127. The number of halogens is 4. The van der Waals surface area contributed by atoms with E-state index in [2.05, 4.69) is 5.32 Å². The van der Waals surface area contributed by atoms with Crippen molar-refractivity contribution in [3.05, 3.63) is 63.6 Å². The molecule has 2 atom stereocenters. The molecule has 0 heterocycles. The van der Waals surface area contributed by atoms with Gasteiger partial charge in [-0.1, -0.05) is 29.3 Å². The first-order valence-corrected chi connectivity index (χ1v) is 7.90. The van der Waals surface area contributed by atoms with Crippen LogP contribution in [-0.4, -0.2) is 12.0 Å². The van der Waals surface area contributed by atoms with E-state index in [4.69, 9.17) is 27.9 Å². The molecule has 2 unspecified atom stereocenters. The van der Waals surface area contributed by atoms with Crippen molar-refractivity contribution in [2.45, 2.75) is 26.0 Å². The van der Waals surface area contributed by atoms with Gasteiger partial charge in [0, 0.05) is 5.02 Å². The van der Waals surface area contributed by atoms with Crippen molar-refractivity contribution >= 4 is 29.1 Å². The highest BCUT2D eigenvalue weighted by atomic mass is 35.5. The summed E-state index contributed by atoms with van der Waals surface area (Å²) in [5.41, 5.74) is 0.443. The van der Waals surface area contributed by atoms with Gasteiger partial charge < -0.3 is 10.1 Å². The number of amides is 1. The van der Waals surface area contributed by atoms with E-state index in [0.29, 0.717) is 16.3 Å². The second-order valence-corrected chi connectivity index (χ2v) is 6.08. The smallest absolute Gasteiger partial charge is 0.261 e. The van der Waals surface area contributed by atoms with Crippen molar-refractivity contribution in [2.24, 2.45) is 0 Å². The van der Waals surface area contributed by atoms with Crippen LogP contribution in [0.25, 0.3) is 0 Å². The molecule has 7 heteroatoms. The molecule has 3 nitrogen and oxygen atoms in total. The molecule has 2 rings (SSSR count). The molecule has 0 fully saturated rings. The van der Waals surface area contributed by atoms with Crippen LogP contribution in [0.3, 0.4) is 0 Å². The maximum Gasteiger partial charge on any atom is 0.261 e. The third-order valence-electron chi connectivity index (χ3n) is 3.37. The van der Waals surface area contributed by atoms with Crippen molar-refractivity contribution < 1.29 is 18.3 Å². The zero-order valence-corrected chi connectivity index (χ0v) is 14.5. The van der Waals surface area contributed by atoms with Gasteiger partial charge in [0.25, 0.3) is 5.91 Å². The van der Waals surface area contributed by atoms with Crippen LogP contribution in [-0.2, 0) is 4.79 Å². The first-order valence-electron chi connectivity index (χ1n) is 7.15. The summed E-state index contributed by atoms with van der Waals surface area (Å²) in [5.74, 6) is -2.00. The van der Waals surface area contributed by atoms with Crippen LogP contribution in [0.1, 0.15) is 25.5 Å². The predicted octanol–water partition coefficient (Wildman–Crippen LogP) is 4.92. The summed E-state index contributed by atoms with van der Waals surface area (Å²) in [6.07, 6.45) is -0.837. The average Bonchev–Trinajstić information content (AvgIpc) is 2.52. The Hall–Kier alpha value is -1.85. The Balaban J connectivity index is 2.01. The Bertz CT molecular complexity index is 755. The SMILES string of the molecule is CC(Oc1ccc(Cl)cc1Cl)C(=O)NC(C)c1ccc(F)c(F)c1. The topological polar surface area (TPSA) is 38.3 Å². The van der Waals surface area contributed by atoms with Gasteiger partial charge in [0.1, 0.15) is 5.75 Å². The number of carbonyl (C=O) groups is 1. The molecular formula is C17H15Cl2F2NO2. The number of rotatable bonds is 5. The molecule has 2 aromatic rings. The van der Waals surface area contributed by atoms with Gasteiger partial charge in [-0.05, 0) is 49.7 Å². The molecule has 0 saturated carbocycles. The Labute approximate surface area is 148 Å². The second kappa shape index (κ2) is 7.81. The molecule has 1 N–H and O–H groups in total. The van der Waals surface area contributed by atoms with E-state index in [1.807, 2.05) is 0 Å². The van der Waals surface area contributed by atoms with Crippen LogP contribution in [0.5, 0.6) is 5.75 Å². The van der Waals surface area contributed by atoms with Crippen LogP contribution in [0.2, 0.25) is 10.0 Å². The summed E-state index contributed by atoms with van der Waals surface area (Å²) >= 11 is 11.8. The normalized spacial score (nSPS) is 13.2. The first-order chi connectivity index (χ1) is 11.3. The van der Waals surface area contributed by atoms with Crippen LogP contribution >= 0.6 is 23.2 Å². The van der Waals surface area contributed by atoms with Gasteiger partial charge in [-0.25, -0.2) is 8.78 Å². The van der Waals surface area contributed by atoms with Crippen LogP contribution in [0, 0.1) is 11.6 Å². The molecule has 0 aromatic heterocycles. The zero-order valence-electron chi connectivity index (χ0n) is 12.9. The fraction of sp³-hybridized carbons (Fsp3) is 0.235. The van der Waals surface area contributed by atoms with Gasteiger partial charge in [-0.3, -0.25) is 4.79 Å². The number of hydrogen-bond acceptors (Lipinski definition) is 2. The molecule has 2 aromatic carbocycles. The average molecular weight is 374 g/mol. The third-order valence-corrected chi connectivity index (χ3v) is 3.90. The monoisotopic (exact) mass is 373 g/mol. The summed E-state index contributed by atoms with van der Waals surface area (Å²) in [6, 6.07) is 7.62. The molecule has 0 spiro atoms. The van der Waals surface area contributed by atoms with Gasteiger partial charge in [-0.15, -0.1) is 0 Å². The molecule has 1 amide bonds. The predicted molar refractivity (Wildman–Crippen MR) is 89.5 cm³/mol. The molecular weight excluding hydrogens is 359 g/mol. The fourth-order valence-corrected chi connectivity index (χ4v) is 2.46. The standard InChI is InChI=1S/C17H15Cl2F2NO2/c1-9(11-3-5-14(20)15(21)7-11)22-17(23)10(2)24-16-6-4-12(18)8-13(16)19/h3-10H,1-2H3,(H,22,23). The lowest BCUT2D eigenvalue weighted by Crippen LogP contribution is -2.37. The first kappa shape index (κ1) is 18.5. The molecule has 0 radical (unpaired) electrons. The van der Waals surface area contributed by atoms with E-state index in [0.717, 1.165) is 12.1 Å². The summed E-state index contributed by atoms with van der Waals surface area (Å²) in [6.45, 7) is 3.21. The van der Waals surface area contributed by atoms with E-state index in [9.17, 15) is 13.6 Å². The van der Waals surface area contributed by atoms with Crippen LogP contribution in [0.15, 0.2) is 36.4 Å². The van der Waals surface area contributed by atoms with Crippen molar-refractivity contribution in [1.82, 2.24) is 5.32 Å².